The smallest absolute Gasteiger partial charge is 0.305 e. The molecule has 0 amide bonds. The molecule has 106 valence electrons. The Labute approximate surface area is 135 Å². The molecular weight excluding hydrogens is 379 g/mol. The van der Waals surface area contributed by atoms with Crippen molar-refractivity contribution in [2.75, 3.05) is 0 Å². The first kappa shape index (κ1) is 14.1. The van der Waals surface area contributed by atoms with Crippen LogP contribution in [0.4, 0.5) is 0 Å². The molecule has 0 saturated heterocycles. The number of aromatic nitrogens is 2. The maximum atomic E-state index is 10.9. The van der Waals surface area contributed by atoms with E-state index < -0.39 is 5.97 Å². The van der Waals surface area contributed by atoms with E-state index in [-0.39, 0.29) is 6.42 Å². The standard InChI is InChI=1S/C16H13IN2O2/c17-12-5-3-4-11(10-12)16-18-13-6-1-2-7-14(13)19(16)9-8-15(20)21/h1-7,10H,8-9H2,(H,20,21). The molecule has 21 heavy (non-hydrogen) atoms. The van der Waals surface area contributed by atoms with Gasteiger partial charge in [0.1, 0.15) is 5.82 Å². The van der Waals surface area contributed by atoms with Gasteiger partial charge < -0.3 is 9.67 Å². The van der Waals surface area contributed by atoms with E-state index >= 15 is 0 Å². The van der Waals surface area contributed by atoms with Gasteiger partial charge in [0.2, 0.25) is 0 Å². The third-order valence-electron chi connectivity index (χ3n) is 3.29. The van der Waals surface area contributed by atoms with Gasteiger partial charge in [0, 0.05) is 15.7 Å². The predicted molar refractivity (Wildman–Crippen MR) is 90.1 cm³/mol. The van der Waals surface area contributed by atoms with E-state index in [1.165, 1.54) is 0 Å². The number of aliphatic carboxylic acids is 1. The van der Waals surface area contributed by atoms with Crippen molar-refractivity contribution in [3.8, 4) is 11.4 Å². The molecule has 1 N–H and O–H groups in total. The highest BCUT2D eigenvalue weighted by Crippen LogP contribution is 2.26. The first-order valence-corrected chi connectivity index (χ1v) is 7.66. The molecule has 0 bridgehead atoms. The minimum absolute atomic E-state index is 0.0806. The maximum absolute atomic E-state index is 10.9. The van der Waals surface area contributed by atoms with Gasteiger partial charge in [-0.3, -0.25) is 4.79 Å². The third-order valence-corrected chi connectivity index (χ3v) is 3.96. The SMILES string of the molecule is O=C(O)CCn1c(-c2cccc(I)c2)nc2ccccc21. The monoisotopic (exact) mass is 392 g/mol. The van der Waals surface area contributed by atoms with E-state index in [0.29, 0.717) is 6.54 Å². The average molecular weight is 392 g/mol. The molecule has 2 aromatic carbocycles. The fourth-order valence-electron chi connectivity index (χ4n) is 2.36. The van der Waals surface area contributed by atoms with Gasteiger partial charge in [0.05, 0.1) is 17.5 Å². The summed E-state index contributed by atoms with van der Waals surface area (Å²) >= 11 is 2.26. The summed E-state index contributed by atoms with van der Waals surface area (Å²) in [6, 6.07) is 15.9. The molecule has 4 nitrogen and oxygen atoms in total. The largest absolute Gasteiger partial charge is 0.481 e. The topological polar surface area (TPSA) is 55.1 Å². The van der Waals surface area contributed by atoms with Crippen molar-refractivity contribution < 1.29 is 9.90 Å². The van der Waals surface area contributed by atoms with E-state index in [1.54, 1.807) is 0 Å². The lowest BCUT2D eigenvalue weighted by Crippen LogP contribution is -2.06. The Kier molecular flexibility index (Phi) is 3.92. The van der Waals surface area contributed by atoms with Crippen LogP contribution in [-0.2, 0) is 11.3 Å². The molecule has 3 rings (SSSR count). The van der Waals surface area contributed by atoms with Gasteiger partial charge in [-0.1, -0.05) is 24.3 Å². The number of nitrogens with zero attached hydrogens (tertiary/aromatic N) is 2. The summed E-state index contributed by atoms with van der Waals surface area (Å²) in [5, 5.41) is 8.96. The molecule has 0 radical (unpaired) electrons. The minimum Gasteiger partial charge on any atom is -0.481 e. The molecule has 0 atom stereocenters. The Hall–Kier alpha value is -1.89. The van der Waals surface area contributed by atoms with E-state index in [4.69, 9.17) is 5.11 Å². The molecule has 3 aromatic rings. The molecule has 0 fully saturated rings. The highest BCUT2D eigenvalue weighted by Gasteiger charge is 2.13. The number of aryl methyl sites for hydroxylation is 1. The van der Waals surface area contributed by atoms with Crippen LogP contribution >= 0.6 is 22.6 Å². The summed E-state index contributed by atoms with van der Waals surface area (Å²) in [6.45, 7) is 0.413. The summed E-state index contributed by atoms with van der Waals surface area (Å²) in [5.74, 6) is 0.0114. The van der Waals surface area contributed by atoms with Crippen LogP contribution in [0.5, 0.6) is 0 Å². The molecule has 0 unspecified atom stereocenters. The predicted octanol–water partition coefficient (Wildman–Crippen LogP) is 3.78. The lowest BCUT2D eigenvalue weighted by atomic mass is 10.2. The number of benzene rings is 2. The summed E-state index contributed by atoms with van der Waals surface area (Å²) in [7, 11) is 0. The van der Waals surface area contributed by atoms with Crippen LogP contribution in [0.25, 0.3) is 22.4 Å². The first-order chi connectivity index (χ1) is 10.1. The summed E-state index contributed by atoms with van der Waals surface area (Å²) in [6.07, 6.45) is 0.0806. The van der Waals surface area contributed by atoms with E-state index in [0.717, 1.165) is 26.0 Å². The Balaban J connectivity index is 2.16. The Morgan fingerprint density at radius 2 is 2.00 bits per heavy atom. The average Bonchev–Trinajstić information content (AvgIpc) is 2.84. The Bertz CT molecular complexity index is 811. The van der Waals surface area contributed by atoms with Crippen LogP contribution in [0.3, 0.4) is 0 Å². The van der Waals surface area contributed by atoms with Crippen LogP contribution in [0.1, 0.15) is 6.42 Å². The van der Waals surface area contributed by atoms with E-state index in [9.17, 15) is 4.79 Å². The van der Waals surface area contributed by atoms with Crippen molar-refractivity contribution in [1.29, 1.82) is 0 Å². The molecular formula is C16H13IN2O2. The van der Waals surface area contributed by atoms with Crippen LogP contribution in [-0.4, -0.2) is 20.6 Å². The number of para-hydroxylation sites is 2. The molecule has 1 aromatic heterocycles. The zero-order chi connectivity index (χ0) is 14.8. The molecule has 0 saturated carbocycles. The summed E-state index contributed by atoms with van der Waals surface area (Å²) < 4.78 is 3.11. The van der Waals surface area contributed by atoms with Gasteiger partial charge in [-0.05, 0) is 46.9 Å². The number of hydrogen-bond donors (Lipinski definition) is 1. The number of rotatable bonds is 4. The lowest BCUT2D eigenvalue weighted by molar-refractivity contribution is -0.137. The molecule has 0 spiro atoms. The highest BCUT2D eigenvalue weighted by atomic mass is 127. The van der Waals surface area contributed by atoms with Crippen LogP contribution in [0, 0.1) is 3.57 Å². The van der Waals surface area contributed by atoms with Gasteiger partial charge in [0.15, 0.2) is 0 Å². The van der Waals surface area contributed by atoms with Gasteiger partial charge in [0.25, 0.3) is 0 Å². The van der Waals surface area contributed by atoms with Crippen molar-refractivity contribution >= 4 is 39.6 Å². The van der Waals surface area contributed by atoms with Crippen molar-refractivity contribution in [3.63, 3.8) is 0 Å². The quantitative estimate of drug-likeness (QED) is 0.688. The van der Waals surface area contributed by atoms with Gasteiger partial charge in [-0.25, -0.2) is 4.98 Å². The summed E-state index contributed by atoms with van der Waals surface area (Å²) in [5.41, 5.74) is 2.85. The summed E-state index contributed by atoms with van der Waals surface area (Å²) in [4.78, 5) is 15.6. The Morgan fingerprint density at radius 3 is 2.76 bits per heavy atom. The fourth-order valence-corrected chi connectivity index (χ4v) is 2.90. The van der Waals surface area contributed by atoms with Crippen LogP contribution in [0.15, 0.2) is 48.5 Å². The zero-order valence-corrected chi connectivity index (χ0v) is 13.3. The normalized spacial score (nSPS) is 10.9. The van der Waals surface area contributed by atoms with E-state index in [1.807, 2.05) is 47.0 Å². The van der Waals surface area contributed by atoms with Crippen molar-refractivity contribution in [3.05, 3.63) is 52.1 Å². The Morgan fingerprint density at radius 1 is 1.19 bits per heavy atom. The number of carboxylic acid groups (broad SMARTS) is 1. The third kappa shape index (κ3) is 2.92. The molecule has 1 heterocycles. The van der Waals surface area contributed by atoms with Gasteiger partial charge >= 0.3 is 5.97 Å². The van der Waals surface area contributed by atoms with E-state index in [2.05, 4.69) is 33.6 Å². The minimum atomic E-state index is -0.804. The van der Waals surface area contributed by atoms with Gasteiger partial charge in [-0.15, -0.1) is 0 Å². The first-order valence-electron chi connectivity index (χ1n) is 6.58. The molecule has 0 aliphatic carbocycles. The second-order valence-corrected chi connectivity index (χ2v) is 5.98. The lowest BCUT2D eigenvalue weighted by Gasteiger charge is -2.08. The van der Waals surface area contributed by atoms with Crippen LogP contribution < -0.4 is 0 Å². The fraction of sp³-hybridized carbons (Fsp3) is 0.125. The van der Waals surface area contributed by atoms with Crippen molar-refractivity contribution in [2.45, 2.75) is 13.0 Å². The second-order valence-electron chi connectivity index (χ2n) is 4.73. The number of imidazole rings is 1. The number of fused-ring (bicyclic) bond motifs is 1. The molecule has 0 aliphatic heterocycles. The zero-order valence-electron chi connectivity index (χ0n) is 11.2. The number of carbonyl (C=O) groups is 1. The maximum Gasteiger partial charge on any atom is 0.305 e. The molecule has 0 aliphatic rings. The van der Waals surface area contributed by atoms with Gasteiger partial charge in [-0.2, -0.15) is 0 Å². The highest BCUT2D eigenvalue weighted by molar-refractivity contribution is 14.1. The number of carboxylic acids is 1. The second kappa shape index (κ2) is 5.85. The molecule has 5 heteroatoms. The van der Waals surface area contributed by atoms with Crippen LogP contribution in [0.2, 0.25) is 0 Å². The van der Waals surface area contributed by atoms with Crippen molar-refractivity contribution in [1.82, 2.24) is 9.55 Å². The van der Waals surface area contributed by atoms with Crippen molar-refractivity contribution in [2.24, 2.45) is 0 Å². The number of hydrogen-bond acceptors (Lipinski definition) is 2. The number of halogens is 1.